The lowest BCUT2D eigenvalue weighted by atomic mass is 10.2. The zero-order chi connectivity index (χ0) is 25.2. The first-order chi connectivity index (χ1) is 16.6. The number of imide groups is 1. The van der Waals surface area contributed by atoms with E-state index in [2.05, 4.69) is 15.9 Å². The summed E-state index contributed by atoms with van der Waals surface area (Å²) in [7, 11) is -4.14. The van der Waals surface area contributed by atoms with Crippen LogP contribution in [0.15, 0.2) is 56.7 Å². The highest BCUT2D eigenvalue weighted by molar-refractivity contribution is 9.10. The number of hydrogen-bond donors (Lipinski definition) is 0. The number of thioether (sulfide) groups is 1. The van der Waals surface area contributed by atoms with Crippen LogP contribution in [-0.2, 0) is 24.4 Å². The Labute approximate surface area is 215 Å². The van der Waals surface area contributed by atoms with Crippen LogP contribution in [0.25, 0.3) is 6.08 Å². The maximum absolute atomic E-state index is 12.9. The fraction of sp³-hybridized carbons (Fsp3) is 0.261. The van der Waals surface area contributed by atoms with Gasteiger partial charge in [0.1, 0.15) is 17.2 Å². The van der Waals surface area contributed by atoms with Gasteiger partial charge in [0.15, 0.2) is 0 Å². The SMILES string of the molecule is Cc1ccc(S(=O)(=O)Oc2ccc(Br)cc2/C=C2\SC(=O)N(CC(=O)N3CCOCC3)C2=O)cc1. The predicted octanol–water partition coefficient (Wildman–Crippen LogP) is 3.42. The summed E-state index contributed by atoms with van der Waals surface area (Å²) in [6, 6.07) is 10.8. The summed E-state index contributed by atoms with van der Waals surface area (Å²) >= 11 is 4.01. The summed E-state index contributed by atoms with van der Waals surface area (Å²) in [4.78, 5) is 40.4. The zero-order valence-electron chi connectivity index (χ0n) is 18.6. The van der Waals surface area contributed by atoms with Gasteiger partial charge in [0, 0.05) is 23.1 Å². The molecule has 2 heterocycles. The van der Waals surface area contributed by atoms with Crippen molar-refractivity contribution in [1.29, 1.82) is 0 Å². The lowest BCUT2D eigenvalue weighted by Crippen LogP contribution is -2.46. The molecule has 9 nitrogen and oxygen atoms in total. The average molecular weight is 581 g/mol. The van der Waals surface area contributed by atoms with Crippen molar-refractivity contribution in [3.8, 4) is 5.75 Å². The van der Waals surface area contributed by atoms with Gasteiger partial charge in [-0.15, -0.1) is 0 Å². The molecule has 2 saturated heterocycles. The fourth-order valence-corrected chi connectivity index (χ4v) is 5.57. The molecule has 0 saturated carbocycles. The molecule has 12 heteroatoms. The molecule has 0 spiro atoms. The van der Waals surface area contributed by atoms with Gasteiger partial charge in [0.05, 0.1) is 18.1 Å². The van der Waals surface area contributed by atoms with Crippen LogP contribution in [-0.4, -0.2) is 68.1 Å². The predicted molar refractivity (Wildman–Crippen MR) is 133 cm³/mol. The quantitative estimate of drug-likeness (QED) is 0.377. The first kappa shape index (κ1) is 25.4. The third-order valence-electron chi connectivity index (χ3n) is 5.30. The monoisotopic (exact) mass is 580 g/mol. The van der Waals surface area contributed by atoms with Crippen LogP contribution in [0.1, 0.15) is 11.1 Å². The standard InChI is InChI=1S/C23H21BrN2O7S2/c1-15-2-5-18(6-3-15)35(30,31)33-19-7-4-17(24)12-16(19)13-20-22(28)26(23(29)34-20)14-21(27)25-8-10-32-11-9-25/h2-7,12-13H,8-11,14H2,1H3/b20-13-. The van der Waals surface area contributed by atoms with E-state index in [1.54, 1.807) is 29.2 Å². The Bertz CT molecular complexity index is 1300. The molecule has 0 bridgehead atoms. The summed E-state index contributed by atoms with van der Waals surface area (Å²) in [5.41, 5.74) is 1.18. The second-order valence-corrected chi connectivity index (χ2v) is 11.2. The van der Waals surface area contributed by atoms with E-state index in [0.717, 1.165) is 10.5 Å². The Kier molecular flexibility index (Phi) is 7.64. The van der Waals surface area contributed by atoms with E-state index in [1.807, 2.05) is 6.92 Å². The molecule has 2 aromatic rings. The van der Waals surface area contributed by atoms with Crippen LogP contribution in [0.5, 0.6) is 5.75 Å². The minimum atomic E-state index is -4.14. The van der Waals surface area contributed by atoms with Gasteiger partial charge in [-0.1, -0.05) is 33.6 Å². The highest BCUT2D eigenvalue weighted by Crippen LogP contribution is 2.35. The number of aryl methyl sites for hydroxylation is 1. The van der Waals surface area contributed by atoms with Crippen molar-refractivity contribution >= 4 is 60.9 Å². The Morgan fingerprint density at radius 3 is 2.51 bits per heavy atom. The molecule has 0 radical (unpaired) electrons. The molecule has 184 valence electrons. The number of carbonyl (C=O) groups is 3. The minimum Gasteiger partial charge on any atom is -0.378 e. The van der Waals surface area contributed by atoms with E-state index in [4.69, 9.17) is 8.92 Å². The number of halogens is 1. The number of carbonyl (C=O) groups excluding carboxylic acids is 3. The normalized spacial score (nSPS) is 17.8. The Morgan fingerprint density at radius 2 is 1.83 bits per heavy atom. The molecule has 0 aromatic heterocycles. The summed E-state index contributed by atoms with van der Waals surface area (Å²) in [5.74, 6) is -0.980. The summed E-state index contributed by atoms with van der Waals surface area (Å²) < 4.78 is 36.8. The Hall–Kier alpha value is -2.67. The topological polar surface area (TPSA) is 110 Å². The van der Waals surface area contributed by atoms with Gasteiger partial charge in [0.2, 0.25) is 5.91 Å². The maximum Gasteiger partial charge on any atom is 0.339 e. The van der Waals surface area contributed by atoms with Crippen molar-refractivity contribution in [2.75, 3.05) is 32.8 Å². The summed E-state index contributed by atoms with van der Waals surface area (Å²) in [5, 5.41) is -0.576. The minimum absolute atomic E-state index is 0.00929. The lowest BCUT2D eigenvalue weighted by molar-refractivity contribution is -0.139. The molecular weight excluding hydrogens is 560 g/mol. The van der Waals surface area contributed by atoms with Gasteiger partial charge in [-0.3, -0.25) is 19.3 Å². The smallest absolute Gasteiger partial charge is 0.339 e. The van der Waals surface area contributed by atoms with E-state index >= 15 is 0 Å². The highest BCUT2D eigenvalue weighted by Gasteiger charge is 2.37. The number of benzene rings is 2. The molecule has 0 N–H and O–H groups in total. The molecule has 35 heavy (non-hydrogen) atoms. The van der Waals surface area contributed by atoms with Crippen molar-refractivity contribution in [1.82, 2.24) is 9.80 Å². The van der Waals surface area contributed by atoms with Crippen LogP contribution in [0, 0.1) is 6.92 Å². The Morgan fingerprint density at radius 1 is 1.14 bits per heavy atom. The number of ether oxygens (including phenoxy) is 1. The van der Waals surface area contributed by atoms with Crippen LogP contribution >= 0.6 is 27.7 Å². The number of amides is 3. The van der Waals surface area contributed by atoms with E-state index < -0.39 is 21.3 Å². The number of hydrogen-bond acceptors (Lipinski definition) is 8. The molecule has 2 aliphatic heterocycles. The molecule has 3 amide bonds. The van der Waals surface area contributed by atoms with Crippen LogP contribution < -0.4 is 4.18 Å². The Balaban J connectivity index is 1.57. The molecule has 2 fully saturated rings. The van der Waals surface area contributed by atoms with E-state index in [9.17, 15) is 22.8 Å². The van der Waals surface area contributed by atoms with Gasteiger partial charge in [0.25, 0.3) is 11.1 Å². The molecule has 0 atom stereocenters. The van der Waals surface area contributed by atoms with Gasteiger partial charge >= 0.3 is 10.1 Å². The van der Waals surface area contributed by atoms with Crippen molar-refractivity contribution in [3.63, 3.8) is 0 Å². The first-order valence-corrected chi connectivity index (χ1v) is 13.6. The van der Waals surface area contributed by atoms with Crippen LogP contribution in [0.2, 0.25) is 0 Å². The maximum atomic E-state index is 12.9. The van der Waals surface area contributed by atoms with Gasteiger partial charge in [-0.05, 0) is 55.1 Å². The van der Waals surface area contributed by atoms with Crippen LogP contribution in [0.3, 0.4) is 0 Å². The number of morpholine rings is 1. The molecule has 2 aromatic carbocycles. The largest absolute Gasteiger partial charge is 0.378 e. The lowest BCUT2D eigenvalue weighted by Gasteiger charge is -2.28. The van der Waals surface area contributed by atoms with Crippen LogP contribution in [0.4, 0.5) is 4.79 Å². The third-order valence-corrected chi connectivity index (χ3v) is 7.95. The van der Waals surface area contributed by atoms with Gasteiger partial charge in [-0.25, -0.2) is 0 Å². The van der Waals surface area contributed by atoms with Gasteiger partial charge < -0.3 is 13.8 Å². The van der Waals surface area contributed by atoms with Crippen molar-refractivity contribution in [3.05, 3.63) is 63.0 Å². The second-order valence-electron chi connectivity index (χ2n) is 7.79. The van der Waals surface area contributed by atoms with E-state index in [1.165, 1.54) is 24.3 Å². The third kappa shape index (κ3) is 5.95. The molecule has 4 rings (SSSR count). The molecule has 0 unspecified atom stereocenters. The fourth-order valence-electron chi connectivity index (χ4n) is 3.40. The summed E-state index contributed by atoms with van der Waals surface area (Å²) in [6.07, 6.45) is 1.38. The second kappa shape index (κ2) is 10.5. The number of rotatable bonds is 6. The van der Waals surface area contributed by atoms with Crippen molar-refractivity contribution in [2.24, 2.45) is 0 Å². The highest BCUT2D eigenvalue weighted by atomic mass is 79.9. The van der Waals surface area contributed by atoms with Crippen molar-refractivity contribution in [2.45, 2.75) is 11.8 Å². The number of nitrogens with zero attached hydrogens (tertiary/aromatic N) is 2. The first-order valence-electron chi connectivity index (χ1n) is 10.6. The molecule has 0 aliphatic carbocycles. The van der Waals surface area contributed by atoms with E-state index in [0.29, 0.717) is 42.5 Å². The van der Waals surface area contributed by atoms with Gasteiger partial charge in [-0.2, -0.15) is 8.42 Å². The molecular formula is C23H21BrN2O7S2. The van der Waals surface area contributed by atoms with E-state index in [-0.39, 0.29) is 33.6 Å². The van der Waals surface area contributed by atoms with Crippen molar-refractivity contribution < 1.29 is 31.7 Å². The average Bonchev–Trinajstić information content (AvgIpc) is 3.09. The molecule has 2 aliphatic rings. The summed E-state index contributed by atoms with van der Waals surface area (Å²) in [6.45, 7) is 3.09. The zero-order valence-corrected chi connectivity index (χ0v) is 21.8.